The van der Waals surface area contributed by atoms with Crippen molar-refractivity contribution in [3.63, 3.8) is 0 Å². The Hall–Kier alpha value is -3.72. The van der Waals surface area contributed by atoms with E-state index in [1.807, 2.05) is 12.1 Å². The van der Waals surface area contributed by atoms with E-state index in [0.717, 1.165) is 16.7 Å². The number of methoxy groups -OCH3 is 1. The van der Waals surface area contributed by atoms with Crippen LogP contribution in [0.4, 0.5) is 4.39 Å². The molecule has 2 aliphatic heterocycles. The first-order chi connectivity index (χ1) is 16.4. The number of carbonyl (C=O) groups is 2. The van der Waals surface area contributed by atoms with E-state index in [4.69, 9.17) is 4.74 Å². The number of alkyl halides is 1. The number of β-amino-alcohol motifs (C(OH)–C–C–N with tert-alkyl or cyclic N) is 1. The molecule has 34 heavy (non-hydrogen) atoms. The fourth-order valence-corrected chi connectivity index (χ4v) is 4.63. The quantitative estimate of drug-likeness (QED) is 0.605. The van der Waals surface area contributed by atoms with Crippen LogP contribution < -0.4 is 4.74 Å². The first kappa shape index (κ1) is 22.1. The summed E-state index contributed by atoms with van der Waals surface area (Å²) in [6.07, 6.45) is 2.14. The van der Waals surface area contributed by atoms with Gasteiger partial charge in [-0.15, -0.1) is 0 Å². The summed E-state index contributed by atoms with van der Waals surface area (Å²) in [5, 5.41) is 17.1. The molecule has 1 aromatic heterocycles. The number of amides is 2. The monoisotopic (exact) mass is 464 g/mol. The minimum atomic E-state index is -0.970. The number of hydrogen-bond donors (Lipinski definition) is 2. The number of halogens is 1. The summed E-state index contributed by atoms with van der Waals surface area (Å²) >= 11 is 0. The van der Waals surface area contributed by atoms with E-state index in [2.05, 4.69) is 10.2 Å². The number of carbonyl (C=O) groups excluding carboxylic acids is 2. The Bertz CT molecular complexity index is 1210. The maximum absolute atomic E-state index is 13.5. The van der Waals surface area contributed by atoms with Gasteiger partial charge in [0.05, 0.1) is 38.5 Å². The van der Waals surface area contributed by atoms with Crippen LogP contribution in [-0.2, 0) is 0 Å². The summed E-state index contributed by atoms with van der Waals surface area (Å²) in [6.45, 7) is 0.391. The van der Waals surface area contributed by atoms with Gasteiger partial charge in [0.25, 0.3) is 11.8 Å². The highest BCUT2D eigenvalue weighted by Gasteiger charge is 2.37. The lowest BCUT2D eigenvalue weighted by Gasteiger charge is -2.34. The second-order valence-electron chi connectivity index (χ2n) is 8.70. The van der Waals surface area contributed by atoms with Crippen molar-refractivity contribution in [2.75, 3.05) is 26.7 Å². The van der Waals surface area contributed by atoms with Gasteiger partial charge in [-0.2, -0.15) is 5.10 Å². The molecule has 2 unspecified atom stereocenters. The summed E-state index contributed by atoms with van der Waals surface area (Å²) < 4.78 is 18.7. The standard InChI is InChI=1S/C25H25FN4O4/c1-34-23-8-17(5-6-21(23)18-10-27-28-11-18)25(33)30-14-20(31)9-22(30)15-3-2-4-16(7-15)24(32)29-12-19(26)13-29/h2-8,10-11,19-20,22,31H,9,12-14H2,1H3,(H,27,28). The smallest absolute Gasteiger partial charge is 0.254 e. The molecule has 8 nitrogen and oxygen atoms in total. The number of rotatable bonds is 5. The van der Waals surface area contributed by atoms with Crippen molar-refractivity contribution in [3.8, 4) is 16.9 Å². The van der Waals surface area contributed by atoms with Crippen LogP contribution in [0, 0.1) is 0 Å². The normalized spacial score (nSPS) is 20.3. The minimum Gasteiger partial charge on any atom is -0.496 e. The highest BCUT2D eigenvalue weighted by molar-refractivity contribution is 5.97. The molecule has 176 valence electrons. The molecule has 2 saturated heterocycles. The van der Waals surface area contributed by atoms with Gasteiger partial charge in [-0.1, -0.05) is 12.1 Å². The second kappa shape index (κ2) is 8.90. The average molecular weight is 464 g/mol. The van der Waals surface area contributed by atoms with Crippen LogP contribution in [0.3, 0.4) is 0 Å². The van der Waals surface area contributed by atoms with Gasteiger partial charge in [-0.05, 0) is 42.3 Å². The summed E-state index contributed by atoms with van der Waals surface area (Å²) in [5.74, 6) is 0.0712. The number of ether oxygens (including phenoxy) is 1. The van der Waals surface area contributed by atoms with Gasteiger partial charge in [0.2, 0.25) is 0 Å². The van der Waals surface area contributed by atoms with Gasteiger partial charge in [0.1, 0.15) is 11.9 Å². The zero-order valence-corrected chi connectivity index (χ0v) is 18.6. The number of aliphatic hydroxyl groups excluding tert-OH is 1. The predicted octanol–water partition coefficient (Wildman–Crippen LogP) is 2.83. The van der Waals surface area contributed by atoms with Crippen LogP contribution in [-0.4, -0.2) is 75.9 Å². The van der Waals surface area contributed by atoms with Gasteiger partial charge >= 0.3 is 0 Å². The molecule has 2 aromatic carbocycles. The average Bonchev–Trinajstić information content (AvgIpc) is 3.51. The topological polar surface area (TPSA) is 98.8 Å². The number of nitrogens with zero attached hydrogens (tertiary/aromatic N) is 3. The van der Waals surface area contributed by atoms with E-state index in [9.17, 15) is 19.1 Å². The van der Waals surface area contributed by atoms with Gasteiger partial charge in [-0.3, -0.25) is 14.7 Å². The van der Waals surface area contributed by atoms with E-state index in [1.54, 1.807) is 54.7 Å². The number of aromatic nitrogens is 2. The second-order valence-corrected chi connectivity index (χ2v) is 8.70. The summed E-state index contributed by atoms with van der Waals surface area (Å²) in [5.41, 5.74) is 3.29. The Balaban J connectivity index is 1.41. The maximum atomic E-state index is 13.5. The number of aliphatic hydroxyl groups is 1. The first-order valence-electron chi connectivity index (χ1n) is 11.1. The van der Waals surface area contributed by atoms with Crippen molar-refractivity contribution in [1.82, 2.24) is 20.0 Å². The maximum Gasteiger partial charge on any atom is 0.254 e. The summed E-state index contributed by atoms with van der Waals surface area (Å²) in [7, 11) is 1.54. The van der Waals surface area contributed by atoms with E-state index >= 15 is 0 Å². The third kappa shape index (κ3) is 4.03. The molecule has 2 fully saturated rings. The fourth-order valence-electron chi connectivity index (χ4n) is 4.63. The van der Waals surface area contributed by atoms with Crippen LogP contribution in [0.1, 0.15) is 38.7 Å². The zero-order valence-electron chi connectivity index (χ0n) is 18.6. The molecule has 2 amide bonds. The number of nitrogens with one attached hydrogen (secondary N) is 1. The molecule has 2 N–H and O–H groups in total. The zero-order chi connectivity index (χ0) is 23.8. The highest BCUT2D eigenvalue weighted by atomic mass is 19.1. The lowest BCUT2D eigenvalue weighted by molar-refractivity contribution is 0.0400. The molecular weight excluding hydrogens is 439 g/mol. The Labute approximate surface area is 195 Å². The van der Waals surface area contributed by atoms with Gasteiger partial charge in [-0.25, -0.2) is 4.39 Å². The van der Waals surface area contributed by atoms with Gasteiger partial charge in [0.15, 0.2) is 0 Å². The van der Waals surface area contributed by atoms with Crippen molar-refractivity contribution in [1.29, 1.82) is 0 Å². The summed E-state index contributed by atoms with van der Waals surface area (Å²) in [6, 6.07) is 11.9. The molecule has 0 radical (unpaired) electrons. The third-order valence-electron chi connectivity index (χ3n) is 6.44. The first-order valence-corrected chi connectivity index (χ1v) is 11.1. The lowest BCUT2D eigenvalue weighted by Crippen LogP contribution is -2.51. The molecule has 2 atom stereocenters. The van der Waals surface area contributed by atoms with E-state index in [-0.39, 0.29) is 37.5 Å². The Morgan fingerprint density at radius 2 is 1.91 bits per heavy atom. The predicted molar refractivity (Wildman–Crippen MR) is 122 cm³/mol. The molecular formula is C25H25FN4O4. The third-order valence-corrected chi connectivity index (χ3v) is 6.44. The number of likely N-dealkylation sites (tertiary alicyclic amines) is 2. The molecule has 0 aliphatic carbocycles. The number of aromatic amines is 1. The lowest BCUT2D eigenvalue weighted by atomic mass is 9.99. The van der Waals surface area contributed by atoms with Crippen molar-refractivity contribution >= 4 is 11.8 Å². The number of H-pyrrole nitrogens is 1. The van der Waals surface area contributed by atoms with Crippen LogP contribution in [0.25, 0.3) is 11.1 Å². The largest absolute Gasteiger partial charge is 0.496 e. The van der Waals surface area contributed by atoms with Crippen molar-refractivity contribution in [3.05, 3.63) is 71.5 Å². The Kier molecular flexibility index (Phi) is 5.79. The van der Waals surface area contributed by atoms with Crippen LogP contribution >= 0.6 is 0 Å². The molecule has 9 heteroatoms. The summed E-state index contributed by atoms with van der Waals surface area (Å²) in [4.78, 5) is 29.2. The van der Waals surface area contributed by atoms with Crippen LogP contribution in [0.2, 0.25) is 0 Å². The number of benzene rings is 2. The SMILES string of the molecule is COc1cc(C(=O)N2CC(O)CC2c2cccc(C(=O)N3CC(F)C3)c2)ccc1-c1cn[nH]c1. The van der Waals surface area contributed by atoms with Crippen molar-refractivity contribution < 1.29 is 23.8 Å². The fraction of sp³-hybridized carbons (Fsp3) is 0.320. The van der Waals surface area contributed by atoms with Gasteiger partial charge in [0, 0.05) is 35.0 Å². The van der Waals surface area contributed by atoms with E-state index in [1.165, 1.54) is 4.90 Å². The molecule has 2 aliphatic rings. The van der Waals surface area contributed by atoms with E-state index in [0.29, 0.717) is 23.3 Å². The molecule has 3 aromatic rings. The molecule has 3 heterocycles. The van der Waals surface area contributed by atoms with E-state index < -0.39 is 12.3 Å². The van der Waals surface area contributed by atoms with Crippen molar-refractivity contribution in [2.24, 2.45) is 0 Å². The Morgan fingerprint density at radius 1 is 1.12 bits per heavy atom. The van der Waals surface area contributed by atoms with Gasteiger partial charge < -0.3 is 19.6 Å². The number of hydrogen-bond acceptors (Lipinski definition) is 5. The van der Waals surface area contributed by atoms with Crippen LogP contribution in [0.5, 0.6) is 5.75 Å². The highest BCUT2D eigenvalue weighted by Crippen LogP contribution is 2.36. The molecule has 0 saturated carbocycles. The van der Waals surface area contributed by atoms with Crippen LogP contribution in [0.15, 0.2) is 54.9 Å². The molecule has 0 bridgehead atoms. The molecule has 5 rings (SSSR count). The minimum absolute atomic E-state index is 0.104. The van der Waals surface area contributed by atoms with Crippen molar-refractivity contribution in [2.45, 2.75) is 24.7 Å². The Morgan fingerprint density at radius 3 is 2.62 bits per heavy atom. The molecule has 0 spiro atoms.